The highest BCUT2D eigenvalue weighted by Gasteiger charge is 2.19. The number of hydrogen-bond acceptors (Lipinski definition) is 6. The van der Waals surface area contributed by atoms with E-state index in [1.807, 2.05) is 12.1 Å². The van der Waals surface area contributed by atoms with Crippen molar-refractivity contribution in [3.05, 3.63) is 78.1 Å². The van der Waals surface area contributed by atoms with Gasteiger partial charge in [-0.2, -0.15) is 0 Å². The summed E-state index contributed by atoms with van der Waals surface area (Å²) in [5.41, 5.74) is 1.50. The third kappa shape index (κ3) is 5.13. The Morgan fingerprint density at radius 3 is 2.48 bits per heavy atom. The fourth-order valence-corrected chi connectivity index (χ4v) is 4.06. The first-order valence-corrected chi connectivity index (χ1v) is 11.2. The molecule has 2 aromatic carbocycles. The Bertz CT molecular complexity index is 1170. The van der Waals surface area contributed by atoms with Crippen LogP contribution in [0.1, 0.15) is 22.5 Å². The molecule has 0 radical (unpaired) electrons. The van der Waals surface area contributed by atoms with E-state index >= 15 is 0 Å². The van der Waals surface area contributed by atoms with Gasteiger partial charge in [0.25, 0.3) is 15.9 Å². The van der Waals surface area contributed by atoms with Crippen LogP contribution in [0, 0.1) is 0 Å². The second-order valence-corrected chi connectivity index (χ2v) is 8.53. The number of nitrogens with zero attached hydrogens (tertiary/aromatic N) is 1. The largest absolute Gasteiger partial charge is 0.490 e. The number of amides is 1. The normalized spacial score (nSPS) is 13.2. The van der Waals surface area contributed by atoms with Gasteiger partial charge in [0.05, 0.1) is 30.3 Å². The van der Waals surface area contributed by atoms with Gasteiger partial charge in [-0.05, 0) is 48.5 Å². The molecule has 0 bridgehead atoms. The minimum absolute atomic E-state index is 0.0638. The fraction of sp³-hybridized carbons (Fsp3) is 0.182. The maximum atomic E-state index is 12.8. The monoisotopic (exact) mass is 439 g/mol. The zero-order chi connectivity index (χ0) is 21.7. The second-order valence-electron chi connectivity index (χ2n) is 6.85. The summed E-state index contributed by atoms with van der Waals surface area (Å²) in [7, 11) is -3.83. The van der Waals surface area contributed by atoms with Gasteiger partial charge in [0, 0.05) is 29.9 Å². The number of carbonyl (C=O) groups excluding carboxylic acids is 1. The molecule has 0 saturated heterocycles. The summed E-state index contributed by atoms with van der Waals surface area (Å²) in [6.07, 6.45) is 2.39. The lowest BCUT2D eigenvalue weighted by Gasteiger charge is -2.12. The first-order chi connectivity index (χ1) is 15.0. The summed E-state index contributed by atoms with van der Waals surface area (Å²) in [5, 5.41) is 2.78. The zero-order valence-electron chi connectivity index (χ0n) is 16.6. The molecule has 0 fully saturated rings. The lowest BCUT2D eigenvalue weighted by Crippen LogP contribution is -2.23. The fourth-order valence-electron chi connectivity index (χ4n) is 2.99. The van der Waals surface area contributed by atoms with Crippen molar-refractivity contribution < 1.29 is 22.7 Å². The van der Waals surface area contributed by atoms with Crippen molar-refractivity contribution in [3.63, 3.8) is 0 Å². The molecule has 1 aromatic heterocycles. The third-order valence-electron chi connectivity index (χ3n) is 4.58. The van der Waals surface area contributed by atoms with E-state index in [4.69, 9.17) is 9.47 Å². The molecule has 0 unspecified atom stereocenters. The SMILES string of the molecule is O=C(NCc1ccccn1)c1ccc(NS(=O)(=O)c2ccc3c(c2)OCCCO3)cc1. The van der Waals surface area contributed by atoms with Crippen molar-refractivity contribution in [2.24, 2.45) is 0 Å². The van der Waals surface area contributed by atoms with E-state index in [0.29, 0.717) is 42.5 Å². The van der Waals surface area contributed by atoms with Crippen LogP contribution in [0.4, 0.5) is 5.69 Å². The van der Waals surface area contributed by atoms with Gasteiger partial charge >= 0.3 is 0 Å². The highest BCUT2D eigenvalue weighted by molar-refractivity contribution is 7.92. The van der Waals surface area contributed by atoms with Crippen LogP contribution in [-0.4, -0.2) is 32.5 Å². The molecular formula is C22H21N3O5S. The second kappa shape index (κ2) is 9.05. The summed E-state index contributed by atoms with van der Waals surface area (Å²) in [5.74, 6) is 0.653. The van der Waals surface area contributed by atoms with E-state index in [1.54, 1.807) is 30.5 Å². The van der Waals surface area contributed by atoms with Gasteiger partial charge in [0.15, 0.2) is 11.5 Å². The molecule has 9 heteroatoms. The molecule has 0 aliphatic carbocycles. The Kier molecular flexibility index (Phi) is 6.03. The van der Waals surface area contributed by atoms with Crippen molar-refractivity contribution in [1.82, 2.24) is 10.3 Å². The Labute approximate surface area is 180 Å². The van der Waals surface area contributed by atoms with Crippen molar-refractivity contribution in [1.29, 1.82) is 0 Å². The maximum Gasteiger partial charge on any atom is 0.262 e. The highest BCUT2D eigenvalue weighted by atomic mass is 32.2. The lowest BCUT2D eigenvalue weighted by atomic mass is 10.2. The molecule has 1 amide bonds. The van der Waals surface area contributed by atoms with Gasteiger partial charge in [-0.15, -0.1) is 0 Å². The smallest absolute Gasteiger partial charge is 0.262 e. The first kappa shape index (κ1) is 20.7. The predicted molar refractivity (Wildman–Crippen MR) is 115 cm³/mol. The van der Waals surface area contributed by atoms with Crippen molar-refractivity contribution >= 4 is 21.6 Å². The van der Waals surface area contributed by atoms with Crippen LogP contribution in [0.5, 0.6) is 11.5 Å². The van der Waals surface area contributed by atoms with Crippen LogP contribution in [0.2, 0.25) is 0 Å². The number of nitrogens with one attached hydrogen (secondary N) is 2. The number of carbonyl (C=O) groups is 1. The van der Waals surface area contributed by atoms with Gasteiger partial charge in [-0.1, -0.05) is 6.07 Å². The Morgan fingerprint density at radius 2 is 1.74 bits per heavy atom. The Morgan fingerprint density at radius 1 is 0.968 bits per heavy atom. The van der Waals surface area contributed by atoms with Crippen LogP contribution < -0.4 is 19.5 Å². The number of pyridine rings is 1. The van der Waals surface area contributed by atoms with Gasteiger partial charge in [0.1, 0.15) is 0 Å². The molecule has 31 heavy (non-hydrogen) atoms. The number of benzene rings is 2. The van der Waals surface area contributed by atoms with Crippen LogP contribution in [0.15, 0.2) is 71.8 Å². The van der Waals surface area contributed by atoms with Gasteiger partial charge in [-0.25, -0.2) is 8.42 Å². The van der Waals surface area contributed by atoms with Gasteiger partial charge < -0.3 is 14.8 Å². The number of ether oxygens (including phenoxy) is 2. The topological polar surface area (TPSA) is 107 Å². The van der Waals surface area contributed by atoms with Gasteiger partial charge in [-0.3, -0.25) is 14.5 Å². The average Bonchev–Trinajstić information content (AvgIpc) is 3.03. The number of hydrogen-bond donors (Lipinski definition) is 2. The average molecular weight is 439 g/mol. The van der Waals surface area contributed by atoms with E-state index in [1.165, 1.54) is 24.3 Å². The number of sulfonamides is 1. The van der Waals surface area contributed by atoms with Crippen LogP contribution in [0.25, 0.3) is 0 Å². The van der Waals surface area contributed by atoms with E-state index < -0.39 is 10.0 Å². The molecule has 1 aliphatic rings. The summed E-state index contributed by atoms with van der Waals surface area (Å²) in [6, 6.07) is 16.2. The molecular weight excluding hydrogens is 418 g/mol. The molecule has 0 saturated carbocycles. The summed E-state index contributed by atoms with van der Waals surface area (Å²) < 4.78 is 39.1. The minimum Gasteiger partial charge on any atom is -0.490 e. The lowest BCUT2D eigenvalue weighted by molar-refractivity contribution is 0.0950. The van der Waals surface area contributed by atoms with Crippen molar-refractivity contribution in [2.75, 3.05) is 17.9 Å². The maximum absolute atomic E-state index is 12.8. The first-order valence-electron chi connectivity index (χ1n) is 9.72. The van der Waals surface area contributed by atoms with E-state index in [2.05, 4.69) is 15.0 Å². The minimum atomic E-state index is -3.83. The molecule has 2 N–H and O–H groups in total. The van der Waals surface area contributed by atoms with Gasteiger partial charge in [0.2, 0.25) is 0 Å². The third-order valence-corrected chi connectivity index (χ3v) is 5.96. The van der Waals surface area contributed by atoms with Crippen LogP contribution in [0.3, 0.4) is 0 Å². The quantitative estimate of drug-likeness (QED) is 0.612. The molecule has 0 spiro atoms. The van der Waals surface area contributed by atoms with E-state index in [9.17, 15) is 13.2 Å². The molecule has 0 atom stereocenters. The van der Waals surface area contributed by atoms with Crippen molar-refractivity contribution in [2.45, 2.75) is 17.9 Å². The summed E-state index contributed by atoms with van der Waals surface area (Å²) >= 11 is 0. The highest BCUT2D eigenvalue weighted by Crippen LogP contribution is 2.32. The molecule has 8 nitrogen and oxygen atoms in total. The number of aromatic nitrogens is 1. The van der Waals surface area contributed by atoms with E-state index in [-0.39, 0.29) is 10.8 Å². The van der Waals surface area contributed by atoms with Crippen LogP contribution >= 0.6 is 0 Å². The molecule has 2 heterocycles. The molecule has 1 aliphatic heterocycles. The van der Waals surface area contributed by atoms with Crippen LogP contribution in [-0.2, 0) is 16.6 Å². The zero-order valence-corrected chi connectivity index (χ0v) is 17.4. The predicted octanol–water partition coefficient (Wildman–Crippen LogP) is 2.97. The Hall–Kier alpha value is -3.59. The van der Waals surface area contributed by atoms with E-state index in [0.717, 1.165) is 12.1 Å². The number of rotatable bonds is 6. The summed E-state index contributed by atoms with van der Waals surface area (Å²) in [6.45, 7) is 1.30. The molecule has 3 aromatic rings. The number of fused-ring (bicyclic) bond motifs is 1. The molecule has 4 rings (SSSR count). The number of anilines is 1. The Balaban J connectivity index is 1.42. The van der Waals surface area contributed by atoms with Crippen molar-refractivity contribution in [3.8, 4) is 11.5 Å². The standard InChI is InChI=1S/C22H21N3O5S/c26-22(24-15-18-4-1-2-11-23-18)16-5-7-17(8-6-16)25-31(27,28)19-9-10-20-21(14-19)30-13-3-12-29-20/h1-2,4-11,14,25H,3,12-13,15H2,(H,24,26). The molecule has 160 valence electrons. The summed E-state index contributed by atoms with van der Waals surface area (Å²) in [4.78, 5) is 16.5.